The fourth-order valence-electron chi connectivity index (χ4n) is 3.91. The third kappa shape index (κ3) is 2.95. The normalized spacial score (nSPS) is 17.4. The zero-order valence-electron chi connectivity index (χ0n) is 16.1. The summed E-state index contributed by atoms with van der Waals surface area (Å²) in [5.41, 5.74) is 5.88. The predicted molar refractivity (Wildman–Crippen MR) is 107 cm³/mol. The van der Waals surface area contributed by atoms with Crippen molar-refractivity contribution < 1.29 is 9.59 Å². The molecule has 0 radical (unpaired) electrons. The van der Waals surface area contributed by atoms with Gasteiger partial charge in [0.1, 0.15) is 5.70 Å². The number of anilines is 1. The lowest BCUT2D eigenvalue weighted by Gasteiger charge is -2.20. The van der Waals surface area contributed by atoms with Crippen LogP contribution >= 0.6 is 0 Å². The third-order valence-electron chi connectivity index (χ3n) is 5.54. The second-order valence-electron chi connectivity index (χ2n) is 7.50. The van der Waals surface area contributed by atoms with Crippen LogP contribution in [0.15, 0.2) is 48.2 Å². The molecule has 1 saturated heterocycles. The van der Waals surface area contributed by atoms with E-state index in [-0.39, 0.29) is 11.8 Å². The van der Waals surface area contributed by atoms with Crippen molar-refractivity contribution in [1.29, 1.82) is 0 Å². The molecule has 4 nitrogen and oxygen atoms in total. The van der Waals surface area contributed by atoms with Crippen LogP contribution in [0.25, 0.3) is 5.57 Å². The standard InChI is InChI=1S/C23H24N2O2/c1-15-7-6-8-19(13-15)25-22(26)20(18-10-9-16(2)17(3)14-18)21(23(25)27)24-11-4-5-12-24/h6-10,13-14H,4-5,11-12H2,1-3H3. The van der Waals surface area contributed by atoms with Gasteiger partial charge in [-0.25, -0.2) is 4.90 Å². The van der Waals surface area contributed by atoms with Gasteiger partial charge in [-0.15, -0.1) is 0 Å². The van der Waals surface area contributed by atoms with Gasteiger partial charge >= 0.3 is 0 Å². The molecular formula is C23H24N2O2. The number of carbonyl (C=O) groups excluding carboxylic acids is 2. The monoisotopic (exact) mass is 360 g/mol. The summed E-state index contributed by atoms with van der Waals surface area (Å²) in [5.74, 6) is -0.434. The lowest BCUT2D eigenvalue weighted by atomic mass is 9.99. The number of hydrogen-bond acceptors (Lipinski definition) is 3. The Balaban J connectivity index is 1.86. The Morgan fingerprint density at radius 3 is 2.22 bits per heavy atom. The Morgan fingerprint density at radius 2 is 1.56 bits per heavy atom. The van der Waals surface area contributed by atoms with Crippen LogP contribution < -0.4 is 4.90 Å². The van der Waals surface area contributed by atoms with Crippen molar-refractivity contribution >= 4 is 23.1 Å². The van der Waals surface area contributed by atoms with Gasteiger partial charge < -0.3 is 4.90 Å². The first-order valence-corrected chi connectivity index (χ1v) is 9.49. The molecule has 2 aliphatic rings. The molecule has 0 aromatic heterocycles. The van der Waals surface area contributed by atoms with E-state index >= 15 is 0 Å². The number of aryl methyl sites for hydroxylation is 3. The molecule has 2 heterocycles. The van der Waals surface area contributed by atoms with E-state index in [1.165, 1.54) is 10.5 Å². The van der Waals surface area contributed by atoms with Crippen molar-refractivity contribution in [3.8, 4) is 0 Å². The van der Waals surface area contributed by atoms with E-state index in [1.54, 1.807) is 0 Å². The third-order valence-corrected chi connectivity index (χ3v) is 5.54. The van der Waals surface area contributed by atoms with Gasteiger partial charge in [-0.05, 0) is 68.0 Å². The van der Waals surface area contributed by atoms with E-state index in [0.717, 1.165) is 42.6 Å². The number of hydrogen-bond donors (Lipinski definition) is 0. The first kappa shape index (κ1) is 17.5. The van der Waals surface area contributed by atoms with Crippen molar-refractivity contribution in [2.24, 2.45) is 0 Å². The molecule has 0 unspecified atom stereocenters. The Bertz CT molecular complexity index is 968. The number of rotatable bonds is 3. The summed E-state index contributed by atoms with van der Waals surface area (Å²) in [4.78, 5) is 30.2. The van der Waals surface area contributed by atoms with Gasteiger partial charge in [0.25, 0.3) is 11.8 Å². The van der Waals surface area contributed by atoms with Gasteiger partial charge in [-0.2, -0.15) is 0 Å². The summed E-state index contributed by atoms with van der Waals surface area (Å²) in [7, 11) is 0. The van der Waals surface area contributed by atoms with Crippen LogP contribution in [0.5, 0.6) is 0 Å². The number of imide groups is 1. The molecule has 2 amide bonds. The molecule has 0 aliphatic carbocycles. The smallest absolute Gasteiger partial charge is 0.282 e. The molecule has 1 fully saturated rings. The first-order chi connectivity index (χ1) is 13.0. The van der Waals surface area contributed by atoms with Crippen molar-refractivity contribution in [2.75, 3.05) is 18.0 Å². The lowest BCUT2D eigenvalue weighted by Crippen LogP contribution is -2.34. The van der Waals surface area contributed by atoms with Crippen LogP contribution in [0.1, 0.15) is 35.1 Å². The van der Waals surface area contributed by atoms with Gasteiger partial charge in [0.2, 0.25) is 0 Å². The Hall–Kier alpha value is -2.88. The molecule has 0 N–H and O–H groups in total. The minimum Gasteiger partial charge on any atom is -0.366 e. The van der Waals surface area contributed by atoms with Crippen LogP contribution in [0, 0.1) is 20.8 Å². The maximum atomic E-state index is 13.4. The van der Waals surface area contributed by atoms with Gasteiger partial charge in [0, 0.05) is 13.1 Å². The van der Waals surface area contributed by atoms with Crippen molar-refractivity contribution in [1.82, 2.24) is 4.90 Å². The summed E-state index contributed by atoms with van der Waals surface area (Å²) in [5, 5.41) is 0. The number of likely N-dealkylation sites (tertiary alicyclic amines) is 1. The van der Waals surface area contributed by atoms with E-state index in [1.807, 2.05) is 56.3 Å². The first-order valence-electron chi connectivity index (χ1n) is 9.49. The van der Waals surface area contributed by atoms with Crippen LogP contribution in [-0.2, 0) is 9.59 Å². The fraction of sp³-hybridized carbons (Fsp3) is 0.304. The summed E-state index contributed by atoms with van der Waals surface area (Å²) in [6.45, 7) is 7.70. The molecule has 2 aromatic rings. The minimum atomic E-state index is -0.226. The second-order valence-corrected chi connectivity index (χ2v) is 7.50. The van der Waals surface area contributed by atoms with E-state index in [0.29, 0.717) is 17.0 Å². The predicted octanol–water partition coefficient (Wildman–Crippen LogP) is 3.99. The quantitative estimate of drug-likeness (QED) is 0.777. The molecule has 0 spiro atoms. The van der Waals surface area contributed by atoms with E-state index in [9.17, 15) is 9.59 Å². The molecule has 4 heteroatoms. The van der Waals surface area contributed by atoms with Crippen molar-refractivity contribution in [3.63, 3.8) is 0 Å². The maximum absolute atomic E-state index is 13.4. The van der Waals surface area contributed by atoms with E-state index in [2.05, 4.69) is 11.8 Å². The highest BCUT2D eigenvalue weighted by Crippen LogP contribution is 2.36. The van der Waals surface area contributed by atoms with Gasteiger partial charge in [-0.1, -0.05) is 30.3 Å². The molecular weight excluding hydrogens is 336 g/mol. The molecule has 138 valence electrons. The Kier molecular flexibility index (Phi) is 4.34. The molecule has 0 atom stereocenters. The minimum absolute atomic E-state index is 0.208. The van der Waals surface area contributed by atoms with Crippen LogP contribution in [0.4, 0.5) is 5.69 Å². The van der Waals surface area contributed by atoms with Crippen molar-refractivity contribution in [3.05, 3.63) is 70.4 Å². The Labute approximate surface area is 160 Å². The molecule has 0 bridgehead atoms. The van der Waals surface area contributed by atoms with Crippen LogP contribution in [0.3, 0.4) is 0 Å². The number of nitrogens with zero attached hydrogens (tertiary/aromatic N) is 2. The molecule has 27 heavy (non-hydrogen) atoms. The summed E-state index contributed by atoms with van der Waals surface area (Å²) < 4.78 is 0. The molecule has 0 saturated carbocycles. The van der Waals surface area contributed by atoms with Gasteiger partial charge in [-0.3, -0.25) is 9.59 Å². The highest BCUT2D eigenvalue weighted by molar-refractivity contribution is 6.45. The maximum Gasteiger partial charge on any atom is 0.282 e. The number of carbonyl (C=O) groups is 2. The van der Waals surface area contributed by atoms with Gasteiger partial charge in [0.15, 0.2) is 0 Å². The molecule has 2 aromatic carbocycles. The summed E-state index contributed by atoms with van der Waals surface area (Å²) in [6.07, 6.45) is 2.10. The average Bonchev–Trinajstić information content (AvgIpc) is 3.24. The summed E-state index contributed by atoms with van der Waals surface area (Å²) in [6, 6.07) is 13.6. The lowest BCUT2D eigenvalue weighted by molar-refractivity contribution is -0.120. The zero-order chi connectivity index (χ0) is 19.1. The highest BCUT2D eigenvalue weighted by Gasteiger charge is 2.43. The number of amides is 2. The zero-order valence-corrected chi connectivity index (χ0v) is 16.1. The number of benzene rings is 2. The van der Waals surface area contributed by atoms with Crippen molar-refractivity contribution in [2.45, 2.75) is 33.6 Å². The van der Waals surface area contributed by atoms with Crippen LogP contribution in [-0.4, -0.2) is 29.8 Å². The second kappa shape index (κ2) is 6.69. The largest absolute Gasteiger partial charge is 0.366 e. The van der Waals surface area contributed by atoms with Gasteiger partial charge in [0.05, 0.1) is 11.3 Å². The van der Waals surface area contributed by atoms with E-state index in [4.69, 9.17) is 0 Å². The highest BCUT2D eigenvalue weighted by atomic mass is 16.2. The topological polar surface area (TPSA) is 40.6 Å². The average molecular weight is 360 g/mol. The molecule has 2 aliphatic heterocycles. The SMILES string of the molecule is Cc1cccc(N2C(=O)C(c3ccc(C)c(C)c3)=C(N3CCCC3)C2=O)c1. The summed E-state index contributed by atoms with van der Waals surface area (Å²) >= 11 is 0. The van der Waals surface area contributed by atoms with Crippen LogP contribution in [0.2, 0.25) is 0 Å². The Morgan fingerprint density at radius 1 is 0.815 bits per heavy atom. The van der Waals surface area contributed by atoms with E-state index < -0.39 is 0 Å². The molecule has 4 rings (SSSR count). The fourth-order valence-corrected chi connectivity index (χ4v) is 3.91.